The molecule has 1 atom stereocenters. The Labute approximate surface area is 198 Å². The number of carbonyl (C=O) groups excluding carboxylic acids is 2. The van der Waals surface area contributed by atoms with Gasteiger partial charge in [0.05, 0.1) is 18.1 Å². The van der Waals surface area contributed by atoms with E-state index in [1.807, 2.05) is 18.2 Å². The summed E-state index contributed by atoms with van der Waals surface area (Å²) in [5.41, 5.74) is 1.04. The largest absolute Gasteiger partial charge is 0.467 e. The lowest BCUT2D eigenvalue weighted by molar-refractivity contribution is -0.117. The summed E-state index contributed by atoms with van der Waals surface area (Å²) in [5, 5.41) is 12.6. The van der Waals surface area contributed by atoms with E-state index in [1.165, 1.54) is 35.4 Å². The normalized spacial score (nSPS) is 17.1. The molecule has 2 amide bonds. The van der Waals surface area contributed by atoms with Crippen LogP contribution in [0.1, 0.15) is 11.3 Å². The van der Waals surface area contributed by atoms with E-state index in [2.05, 4.69) is 5.32 Å². The topological polar surface area (TPSA) is 86.3 Å². The van der Waals surface area contributed by atoms with E-state index in [1.54, 1.807) is 24.3 Å². The van der Waals surface area contributed by atoms with E-state index in [-0.39, 0.29) is 23.1 Å². The number of hydrogen-bond acceptors (Lipinski definition) is 5. The maximum Gasteiger partial charge on any atom is 0.265 e. The van der Waals surface area contributed by atoms with E-state index in [4.69, 9.17) is 16.0 Å². The number of nitrogens with zero attached hydrogens (tertiary/aromatic N) is 2. The molecule has 1 aliphatic rings. The van der Waals surface area contributed by atoms with Crippen LogP contribution in [-0.2, 0) is 22.6 Å². The average molecular weight is 482 g/mol. The number of benzene rings is 2. The van der Waals surface area contributed by atoms with Gasteiger partial charge in [-0.25, -0.2) is 4.39 Å². The highest BCUT2D eigenvalue weighted by Gasteiger charge is 2.40. The number of rotatable bonds is 6. The van der Waals surface area contributed by atoms with Crippen LogP contribution in [0.3, 0.4) is 0 Å². The summed E-state index contributed by atoms with van der Waals surface area (Å²) in [6.07, 6.45) is 1.85. The van der Waals surface area contributed by atoms with Crippen LogP contribution >= 0.6 is 23.4 Å². The predicted molar refractivity (Wildman–Crippen MR) is 124 cm³/mol. The Bertz CT molecular complexity index is 1240. The second kappa shape index (κ2) is 9.94. The quantitative estimate of drug-likeness (QED) is 0.403. The summed E-state index contributed by atoms with van der Waals surface area (Å²) in [5.74, 6) is -0.874. The van der Waals surface area contributed by atoms with Gasteiger partial charge in [0.15, 0.2) is 0 Å². The van der Waals surface area contributed by atoms with Crippen LogP contribution in [0.15, 0.2) is 81.9 Å². The van der Waals surface area contributed by atoms with Crippen LogP contribution in [0.25, 0.3) is 0 Å². The number of thioether (sulfide) groups is 1. The molecule has 1 fully saturated rings. The number of amides is 2. The zero-order chi connectivity index (χ0) is 23.4. The molecule has 166 valence electrons. The third kappa shape index (κ3) is 5.11. The van der Waals surface area contributed by atoms with Crippen molar-refractivity contribution in [2.24, 2.45) is 0 Å². The van der Waals surface area contributed by atoms with Crippen molar-refractivity contribution >= 4 is 40.9 Å². The Morgan fingerprint density at radius 1 is 1.18 bits per heavy atom. The molecule has 2 heterocycles. The number of furan rings is 1. The number of anilines is 1. The highest BCUT2D eigenvalue weighted by molar-refractivity contribution is 8.05. The zero-order valence-corrected chi connectivity index (χ0v) is 18.7. The van der Waals surface area contributed by atoms with Crippen LogP contribution in [-0.4, -0.2) is 17.1 Å². The van der Waals surface area contributed by atoms with Crippen molar-refractivity contribution in [2.75, 3.05) is 4.90 Å². The first-order chi connectivity index (χ1) is 16.0. The minimum absolute atomic E-state index is 0.0909. The van der Waals surface area contributed by atoms with Gasteiger partial charge in [-0.05, 0) is 60.5 Å². The molecular weight excluding hydrogens is 465 g/mol. The maximum absolute atomic E-state index is 13.5. The summed E-state index contributed by atoms with van der Waals surface area (Å²) < 4.78 is 18.7. The van der Waals surface area contributed by atoms with Gasteiger partial charge < -0.3 is 9.73 Å². The smallest absolute Gasteiger partial charge is 0.265 e. The monoisotopic (exact) mass is 481 g/mol. The summed E-state index contributed by atoms with van der Waals surface area (Å²) in [7, 11) is 0. The average Bonchev–Trinajstić information content (AvgIpc) is 3.44. The lowest BCUT2D eigenvalue weighted by Gasteiger charge is -2.18. The van der Waals surface area contributed by atoms with Crippen molar-refractivity contribution in [1.82, 2.24) is 5.32 Å². The van der Waals surface area contributed by atoms with Gasteiger partial charge in [-0.3, -0.25) is 14.5 Å². The van der Waals surface area contributed by atoms with Crippen molar-refractivity contribution < 1.29 is 18.4 Å². The number of nitriles is 1. The zero-order valence-electron chi connectivity index (χ0n) is 17.1. The molecule has 0 radical (unpaired) electrons. The molecule has 33 heavy (non-hydrogen) atoms. The second-order valence-electron chi connectivity index (χ2n) is 7.14. The highest BCUT2D eigenvalue weighted by Crippen LogP contribution is 2.42. The van der Waals surface area contributed by atoms with Crippen molar-refractivity contribution in [1.29, 1.82) is 5.26 Å². The summed E-state index contributed by atoms with van der Waals surface area (Å²) in [4.78, 5) is 27.5. The third-order valence-electron chi connectivity index (χ3n) is 4.93. The van der Waals surface area contributed by atoms with E-state index in [9.17, 15) is 19.2 Å². The fraction of sp³-hybridized carbons (Fsp3) is 0.125. The van der Waals surface area contributed by atoms with Gasteiger partial charge in [0.25, 0.3) is 5.91 Å². The molecule has 0 aliphatic carbocycles. The summed E-state index contributed by atoms with van der Waals surface area (Å²) >= 11 is 7.08. The van der Waals surface area contributed by atoms with E-state index < -0.39 is 17.0 Å². The standard InChI is InChI=1S/C24H17ClFN3O3S/c25-16-5-3-15(4-6-16)12-21-23(31)29(18-9-7-17(26)8-10-18)24(33-21)20(13-27)22(30)28-14-19-2-1-11-32-19/h1-11,21H,12,14H2,(H,28,30)/b24-20+/t21-/m1/s1. The molecular formula is C24H17ClFN3O3S. The van der Waals surface area contributed by atoms with Crippen LogP contribution < -0.4 is 10.2 Å². The van der Waals surface area contributed by atoms with Crippen LogP contribution in [0.2, 0.25) is 5.02 Å². The number of carbonyl (C=O) groups is 2. The second-order valence-corrected chi connectivity index (χ2v) is 8.77. The first kappa shape index (κ1) is 22.6. The lowest BCUT2D eigenvalue weighted by Crippen LogP contribution is -2.32. The van der Waals surface area contributed by atoms with E-state index in [0.717, 1.165) is 17.3 Å². The number of nitrogens with one attached hydrogen (secondary N) is 1. The van der Waals surface area contributed by atoms with Crippen molar-refractivity contribution in [3.8, 4) is 6.07 Å². The Balaban J connectivity index is 1.67. The molecule has 6 nitrogen and oxygen atoms in total. The van der Waals surface area contributed by atoms with Gasteiger partial charge in [0, 0.05) is 10.7 Å². The minimum Gasteiger partial charge on any atom is -0.467 e. The van der Waals surface area contributed by atoms with Crippen LogP contribution in [0.4, 0.5) is 10.1 Å². The van der Waals surface area contributed by atoms with Gasteiger partial charge in [-0.1, -0.05) is 35.5 Å². The third-order valence-corrected chi connectivity index (χ3v) is 6.44. The van der Waals surface area contributed by atoms with Gasteiger partial charge >= 0.3 is 0 Å². The number of halogens is 2. The minimum atomic E-state index is -0.636. The first-order valence-electron chi connectivity index (χ1n) is 9.92. The molecule has 0 unspecified atom stereocenters. The first-order valence-corrected chi connectivity index (χ1v) is 11.2. The molecule has 4 rings (SSSR count). The molecule has 2 aromatic carbocycles. The van der Waals surface area contributed by atoms with Crippen LogP contribution in [0.5, 0.6) is 0 Å². The molecule has 0 bridgehead atoms. The van der Waals surface area contributed by atoms with Crippen molar-refractivity contribution in [3.05, 3.63) is 99.7 Å². The molecule has 0 spiro atoms. The van der Waals surface area contributed by atoms with Gasteiger partial charge in [-0.2, -0.15) is 5.26 Å². The van der Waals surface area contributed by atoms with Crippen molar-refractivity contribution in [2.45, 2.75) is 18.2 Å². The van der Waals surface area contributed by atoms with Gasteiger partial charge in [-0.15, -0.1) is 0 Å². The molecule has 1 aromatic heterocycles. The SMILES string of the molecule is N#C/C(C(=O)NCc1ccco1)=C1\S[C@H](Cc2ccc(Cl)cc2)C(=O)N1c1ccc(F)cc1. The Morgan fingerprint density at radius 2 is 1.91 bits per heavy atom. The molecule has 9 heteroatoms. The maximum atomic E-state index is 13.5. The molecule has 1 aliphatic heterocycles. The highest BCUT2D eigenvalue weighted by atomic mass is 35.5. The Hall–Kier alpha value is -3.54. The molecule has 0 saturated carbocycles. The molecule has 1 N–H and O–H groups in total. The van der Waals surface area contributed by atoms with Crippen molar-refractivity contribution in [3.63, 3.8) is 0 Å². The fourth-order valence-electron chi connectivity index (χ4n) is 3.32. The van der Waals surface area contributed by atoms with E-state index >= 15 is 0 Å². The predicted octanol–water partition coefficient (Wildman–Crippen LogP) is 4.81. The van der Waals surface area contributed by atoms with Crippen LogP contribution in [0, 0.1) is 17.1 Å². The van der Waals surface area contributed by atoms with E-state index in [0.29, 0.717) is 22.9 Å². The number of hydrogen-bond donors (Lipinski definition) is 1. The summed E-state index contributed by atoms with van der Waals surface area (Å²) in [6, 6.07) is 17.7. The summed E-state index contributed by atoms with van der Waals surface area (Å²) in [6.45, 7) is 0.0909. The van der Waals surface area contributed by atoms with Gasteiger partial charge in [0.2, 0.25) is 5.91 Å². The molecule has 1 saturated heterocycles. The Morgan fingerprint density at radius 3 is 2.55 bits per heavy atom. The lowest BCUT2D eigenvalue weighted by atomic mass is 10.1. The Kier molecular flexibility index (Phi) is 6.82. The molecule has 3 aromatic rings. The fourth-order valence-corrected chi connectivity index (χ4v) is 4.75. The van der Waals surface area contributed by atoms with Gasteiger partial charge in [0.1, 0.15) is 28.2 Å².